The van der Waals surface area contributed by atoms with Crippen LogP contribution in [0.1, 0.15) is 30.4 Å². The van der Waals surface area contributed by atoms with Gasteiger partial charge in [0.05, 0.1) is 31.1 Å². The lowest BCUT2D eigenvalue weighted by Crippen LogP contribution is -2.21. The summed E-state index contributed by atoms with van der Waals surface area (Å²) in [5, 5.41) is 3.11. The first kappa shape index (κ1) is 19.6. The number of amides is 1. The lowest BCUT2D eigenvalue weighted by Gasteiger charge is -2.17. The van der Waals surface area contributed by atoms with Crippen LogP contribution in [-0.4, -0.2) is 27.4 Å². The third-order valence-corrected chi connectivity index (χ3v) is 5.24. The molecule has 1 unspecified atom stereocenters. The Kier molecular flexibility index (Phi) is 5.48. The van der Waals surface area contributed by atoms with E-state index in [0.717, 1.165) is 34.5 Å². The molecule has 2 aromatic heterocycles. The molecular formula is C24H24N4O2. The number of hydrogen-bond donors (Lipinski definition) is 1. The van der Waals surface area contributed by atoms with Crippen molar-refractivity contribution in [2.45, 2.75) is 26.2 Å². The third-order valence-electron chi connectivity index (χ3n) is 5.24. The molecule has 1 N–H and O–H groups in total. The first-order chi connectivity index (χ1) is 14.6. The van der Waals surface area contributed by atoms with Crippen molar-refractivity contribution >= 4 is 17.4 Å². The predicted octanol–water partition coefficient (Wildman–Crippen LogP) is 4.85. The maximum Gasteiger partial charge on any atom is 0.234 e. The highest BCUT2D eigenvalue weighted by Crippen LogP contribution is 2.27. The summed E-state index contributed by atoms with van der Waals surface area (Å²) in [6.07, 6.45) is 6.11. The topological polar surface area (TPSA) is 68.5 Å². The lowest BCUT2D eigenvalue weighted by atomic mass is 9.95. The molecule has 152 valence electrons. The van der Waals surface area contributed by atoms with E-state index in [-0.39, 0.29) is 11.8 Å². The molecule has 0 aliphatic rings. The summed E-state index contributed by atoms with van der Waals surface area (Å²) >= 11 is 0. The van der Waals surface area contributed by atoms with Gasteiger partial charge < -0.3 is 10.1 Å². The molecule has 0 spiro atoms. The van der Waals surface area contributed by atoms with E-state index in [1.165, 1.54) is 0 Å². The molecule has 1 atom stereocenters. The van der Waals surface area contributed by atoms with Crippen molar-refractivity contribution in [1.82, 2.24) is 14.4 Å². The monoisotopic (exact) mass is 400 g/mol. The van der Waals surface area contributed by atoms with Gasteiger partial charge in [0.1, 0.15) is 0 Å². The zero-order valence-electron chi connectivity index (χ0n) is 17.3. The van der Waals surface area contributed by atoms with Crippen LogP contribution in [0.3, 0.4) is 0 Å². The van der Waals surface area contributed by atoms with Crippen LogP contribution in [0.4, 0.5) is 5.69 Å². The normalized spacial score (nSPS) is 12.0. The van der Waals surface area contributed by atoms with Gasteiger partial charge in [0.25, 0.3) is 0 Å². The number of anilines is 1. The minimum absolute atomic E-state index is 0.00893. The SMILES string of the molecule is CCC(C(=O)Nc1cc(-c2cn3cc(OC)cnc3n2)ccc1C)c1ccccc1. The highest BCUT2D eigenvalue weighted by molar-refractivity contribution is 5.97. The highest BCUT2D eigenvalue weighted by Gasteiger charge is 2.19. The van der Waals surface area contributed by atoms with Crippen LogP contribution in [0.25, 0.3) is 17.0 Å². The van der Waals surface area contributed by atoms with Crippen molar-refractivity contribution in [3.05, 3.63) is 78.2 Å². The summed E-state index contributed by atoms with van der Waals surface area (Å²) < 4.78 is 7.05. The summed E-state index contributed by atoms with van der Waals surface area (Å²) in [7, 11) is 1.61. The van der Waals surface area contributed by atoms with Crippen molar-refractivity contribution in [2.24, 2.45) is 0 Å². The number of aryl methyl sites for hydroxylation is 1. The van der Waals surface area contributed by atoms with Gasteiger partial charge in [-0.25, -0.2) is 9.97 Å². The fourth-order valence-electron chi connectivity index (χ4n) is 3.50. The van der Waals surface area contributed by atoms with Gasteiger partial charge in [0.15, 0.2) is 5.75 Å². The fraction of sp³-hybridized carbons (Fsp3) is 0.208. The van der Waals surface area contributed by atoms with E-state index in [1.54, 1.807) is 13.3 Å². The number of carbonyl (C=O) groups excluding carboxylic acids is 1. The maximum atomic E-state index is 13.0. The molecule has 0 fully saturated rings. The van der Waals surface area contributed by atoms with Crippen LogP contribution in [0.2, 0.25) is 0 Å². The van der Waals surface area contributed by atoms with Gasteiger partial charge in [-0.3, -0.25) is 9.20 Å². The molecule has 0 aliphatic heterocycles. The number of hydrogen-bond acceptors (Lipinski definition) is 4. The van der Waals surface area contributed by atoms with Crippen LogP contribution in [-0.2, 0) is 4.79 Å². The van der Waals surface area contributed by atoms with Gasteiger partial charge in [-0.2, -0.15) is 0 Å². The van der Waals surface area contributed by atoms with Crippen molar-refractivity contribution in [1.29, 1.82) is 0 Å². The zero-order valence-corrected chi connectivity index (χ0v) is 17.3. The first-order valence-electron chi connectivity index (χ1n) is 9.94. The molecule has 4 rings (SSSR count). The van der Waals surface area contributed by atoms with Crippen LogP contribution >= 0.6 is 0 Å². The molecule has 0 saturated heterocycles. The van der Waals surface area contributed by atoms with E-state index in [9.17, 15) is 4.79 Å². The second-order valence-corrected chi connectivity index (χ2v) is 7.22. The quantitative estimate of drug-likeness (QED) is 0.503. The number of aromatic nitrogens is 3. The van der Waals surface area contributed by atoms with E-state index in [0.29, 0.717) is 11.5 Å². The molecule has 0 aliphatic carbocycles. The molecule has 2 aromatic carbocycles. The second kappa shape index (κ2) is 8.37. The molecule has 1 amide bonds. The first-order valence-corrected chi connectivity index (χ1v) is 9.94. The van der Waals surface area contributed by atoms with Gasteiger partial charge in [-0.05, 0) is 30.5 Å². The number of nitrogens with one attached hydrogen (secondary N) is 1. The van der Waals surface area contributed by atoms with E-state index in [1.807, 2.05) is 79.2 Å². The second-order valence-electron chi connectivity index (χ2n) is 7.22. The molecule has 4 aromatic rings. The van der Waals surface area contributed by atoms with E-state index in [2.05, 4.69) is 15.3 Å². The Hall–Kier alpha value is -3.67. The van der Waals surface area contributed by atoms with Crippen molar-refractivity contribution < 1.29 is 9.53 Å². The fourth-order valence-corrected chi connectivity index (χ4v) is 3.50. The average Bonchev–Trinajstić information content (AvgIpc) is 3.20. The van der Waals surface area contributed by atoms with Crippen LogP contribution in [0.15, 0.2) is 67.1 Å². The van der Waals surface area contributed by atoms with E-state index >= 15 is 0 Å². The number of imidazole rings is 1. The van der Waals surface area contributed by atoms with Crippen LogP contribution < -0.4 is 10.1 Å². The summed E-state index contributed by atoms with van der Waals surface area (Å²) in [6.45, 7) is 4.01. The third kappa shape index (κ3) is 3.89. The Bertz CT molecular complexity index is 1180. The van der Waals surface area contributed by atoms with Gasteiger partial charge in [0.2, 0.25) is 11.7 Å². The van der Waals surface area contributed by atoms with Gasteiger partial charge >= 0.3 is 0 Å². The van der Waals surface area contributed by atoms with Gasteiger partial charge in [-0.1, -0.05) is 49.4 Å². The predicted molar refractivity (Wildman–Crippen MR) is 118 cm³/mol. The number of benzene rings is 2. The Morgan fingerprint density at radius 3 is 2.70 bits per heavy atom. The standard InChI is InChI=1S/C24H24N4O2/c1-4-20(17-8-6-5-7-9-17)23(29)26-21-12-18(11-10-16(21)2)22-15-28-14-19(30-3)13-25-24(28)27-22/h5-15,20H,4H2,1-3H3,(H,26,29). The summed E-state index contributed by atoms with van der Waals surface area (Å²) in [6, 6.07) is 15.8. The summed E-state index contributed by atoms with van der Waals surface area (Å²) in [4.78, 5) is 21.9. The number of rotatable bonds is 6. The summed E-state index contributed by atoms with van der Waals surface area (Å²) in [5.74, 6) is 1.05. The maximum absolute atomic E-state index is 13.0. The molecule has 0 radical (unpaired) electrons. The number of fused-ring (bicyclic) bond motifs is 1. The highest BCUT2D eigenvalue weighted by atomic mass is 16.5. The number of ether oxygens (including phenoxy) is 1. The lowest BCUT2D eigenvalue weighted by molar-refractivity contribution is -0.117. The number of nitrogens with zero attached hydrogens (tertiary/aromatic N) is 3. The Morgan fingerprint density at radius 1 is 1.17 bits per heavy atom. The van der Waals surface area contributed by atoms with E-state index in [4.69, 9.17) is 4.74 Å². The Morgan fingerprint density at radius 2 is 1.97 bits per heavy atom. The van der Waals surface area contributed by atoms with E-state index < -0.39 is 0 Å². The molecule has 6 heteroatoms. The number of methoxy groups -OCH3 is 1. The zero-order chi connectivity index (χ0) is 21.1. The minimum Gasteiger partial charge on any atom is -0.494 e. The van der Waals surface area contributed by atoms with Crippen molar-refractivity contribution in [2.75, 3.05) is 12.4 Å². The van der Waals surface area contributed by atoms with Gasteiger partial charge in [-0.15, -0.1) is 0 Å². The number of carbonyl (C=O) groups is 1. The molecular weight excluding hydrogens is 376 g/mol. The molecule has 0 bridgehead atoms. The molecule has 30 heavy (non-hydrogen) atoms. The van der Waals surface area contributed by atoms with Gasteiger partial charge in [0, 0.05) is 17.4 Å². The smallest absolute Gasteiger partial charge is 0.234 e. The van der Waals surface area contributed by atoms with Crippen molar-refractivity contribution in [3.63, 3.8) is 0 Å². The largest absolute Gasteiger partial charge is 0.494 e. The summed E-state index contributed by atoms with van der Waals surface area (Å²) in [5.41, 5.74) is 4.49. The molecule has 6 nitrogen and oxygen atoms in total. The molecule has 0 saturated carbocycles. The molecule has 2 heterocycles. The Labute approximate surface area is 175 Å². The Balaban J connectivity index is 1.62. The van der Waals surface area contributed by atoms with Crippen LogP contribution in [0.5, 0.6) is 5.75 Å². The van der Waals surface area contributed by atoms with Crippen molar-refractivity contribution in [3.8, 4) is 17.0 Å². The minimum atomic E-state index is -0.193. The average molecular weight is 400 g/mol. The van der Waals surface area contributed by atoms with Crippen LogP contribution in [0, 0.1) is 6.92 Å².